The number of thiol groups is 2. The summed E-state index contributed by atoms with van der Waals surface area (Å²) in [6.45, 7) is 14.5. The second-order valence-electron chi connectivity index (χ2n) is 7.29. The van der Waals surface area contributed by atoms with E-state index in [0.717, 1.165) is 25.4 Å². The molecule has 32 heavy (non-hydrogen) atoms. The van der Waals surface area contributed by atoms with E-state index in [9.17, 15) is 0 Å². The van der Waals surface area contributed by atoms with Crippen LogP contribution in [0.25, 0.3) is 0 Å². The second-order valence-corrected chi connectivity index (χ2v) is 8.14. The van der Waals surface area contributed by atoms with Gasteiger partial charge in [0.2, 0.25) is 0 Å². The van der Waals surface area contributed by atoms with Crippen molar-refractivity contribution in [1.82, 2.24) is 15.5 Å². The molecule has 1 rings (SSSR count). The largest absolute Gasteiger partial charge is 0.458 e. The van der Waals surface area contributed by atoms with E-state index in [1.807, 2.05) is 32.9 Å². The molecule has 0 fully saturated rings. The Kier molecular flexibility index (Phi) is 14.8. The molecule has 180 valence electrons. The zero-order valence-corrected chi connectivity index (χ0v) is 21.8. The van der Waals surface area contributed by atoms with E-state index in [-0.39, 0.29) is 0 Å². The molecule has 0 aliphatic carbocycles. The maximum absolute atomic E-state index is 6.15. The van der Waals surface area contributed by atoms with Crippen molar-refractivity contribution in [2.75, 3.05) is 26.2 Å². The number of hydrogen-bond donors (Lipinski definition) is 4. The number of nitrogens with zero attached hydrogens (tertiary/aromatic N) is 5. The summed E-state index contributed by atoms with van der Waals surface area (Å²) in [6, 6.07) is 3.90. The van der Waals surface area contributed by atoms with Gasteiger partial charge in [-0.05, 0) is 58.8 Å². The van der Waals surface area contributed by atoms with Gasteiger partial charge in [0.25, 0.3) is 0 Å². The third-order valence-electron chi connectivity index (χ3n) is 4.48. The third-order valence-corrected chi connectivity index (χ3v) is 4.98. The monoisotopic (exact) mass is 481 g/mol. The van der Waals surface area contributed by atoms with Gasteiger partial charge in [-0.2, -0.15) is 5.10 Å². The first-order valence-electron chi connectivity index (χ1n) is 11.4. The quantitative estimate of drug-likeness (QED) is 0.136. The van der Waals surface area contributed by atoms with Crippen molar-refractivity contribution in [3.63, 3.8) is 0 Å². The van der Waals surface area contributed by atoms with E-state index in [2.05, 4.69) is 75.0 Å². The lowest BCUT2D eigenvalue weighted by molar-refractivity contribution is 0.236. The van der Waals surface area contributed by atoms with Gasteiger partial charge in [-0.15, -0.1) is 40.6 Å². The summed E-state index contributed by atoms with van der Waals surface area (Å²) in [5, 5.41) is 23.7. The topological polar surface area (TPSA) is 89.9 Å². The molecule has 0 aliphatic rings. The maximum Gasteiger partial charge on any atom is 0.180 e. The Morgan fingerprint density at radius 3 is 1.97 bits per heavy atom. The van der Waals surface area contributed by atoms with Gasteiger partial charge in [0, 0.05) is 13.1 Å². The molecule has 0 saturated heterocycles. The van der Waals surface area contributed by atoms with Crippen LogP contribution in [0.3, 0.4) is 0 Å². The van der Waals surface area contributed by atoms with Crippen LogP contribution in [-0.4, -0.2) is 52.8 Å². The highest BCUT2D eigenvalue weighted by Gasteiger charge is 2.15. The zero-order chi connectivity index (χ0) is 23.8. The molecule has 0 aromatic carbocycles. The van der Waals surface area contributed by atoms with Gasteiger partial charge in [-0.1, -0.05) is 26.7 Å². The highest BCUT2D eigenvalue weighted by atomic mass is 32.1. The summed E-state index contributed by atoms with van der Waals surface area (Å²) in [4.78, 5) is 2.44. The molecule has 0 atom stereocenters. The van der Waals surface area contributed by atoms with Gasteiger partial charge >= 0.3 is 0 Å². The minimum Gasteiger partial charge on any atom is -0.458 e. The fraction of sp³-hybridized carbons (Fsp3) is 0.636. The molecule has 0 unspecified atom stereocenters. The van der Waals surface area contributed by atoms with Crippen LogP contribution in [0, 0.1) is 0 Å². The van der Waals surface area contributed by atoms with E-state index in [4.69, 9.17) is 4.42 Å². The molecule has 1 heterocycles. The molecule has 10 heteroatoms. The van der Waals surface area contributed by atoms with Crippen LogP contribution >= 0.6 is 25.3 Å². The normalized spacial score (nSPS) is 13.8. The van der Waals surface area contributed by atoms with Crippen LogP contribution in [0.15, 0.2) is 37.0 Å². The van der Waals surface area contributed by atoms with Gasteiger partial charge < -0.3 is 15.1 Å². The zero-order valence-electron chi connectivity index (χ0n) is 20.1. The van der Waals surface area contributed by atoms with E-state index >= 15 is 0 Å². The molecule has 0 spiro atoms. The molecular formula is C22H39N7OS2. The Balaban J connectivity index is 3.15. The van der Waals surface area contributed by atoms with Crippen LogP contribution < -0.4 is 10.6 Å². The molecule has 0 radical (unpaired) electrons. The van der Waals surface area contributed by atoms with E-state index in [0.29, 0.717) is 40.6 Å². The minimum atomic E-state index is 0.418. The lowest BCUT2D eigenvalue weighted by atomic mass is 10.2. The summed E-state index contributed by atoms with van der Waals surface area (Å²) in [6.07, 6.45) is 4.70. The molecule has 1 aromatic rings. The first-order valence-corrected chi connectivity index (χ1v) is 12.3. The first-order chi connectivity index (χ1) is 15.4. The standard InChI is InChI=1S/C22H39N7OS2/c1-6-10-14-29(15-11-7-2)16-18-12-13-19(30-18)20(26-28-22(32)24-9-4)17(5)25-27-21(31)23-8-3/h12-13H,6-11,14-16H2,1-5H3,(H2,23,27,31)(H2,24,28,32)/b25-17+,26-20-. The van der Waals surface area contributed by atoms with Crippen LogP contribution in [0.1, 0.15) is 71.8 Å². The van der Waals surface area contributed by atoms with Crippen LogP contribution in [-0.2, 0) is 6.54 Å². The molecule has 8 nitrogen and oxygen atoms in total. The third kappa shape index (κ3) is 11.2. The van der Waals surface area contributed by atoms with Crippen molar-refractivity contribution >= 4 is 47.0 Å². The fourth-order valence-electron chi connectivity index (χ4n) is 2.80. The molecule has 0 saturated carbocycles. The predicted octanol–water partition coefficient (Wildman–Crippen LogP) is 4.55. The fourth-order valence-corrected chi connectivity index (χ4v) is 3.20. The Hall–Kier alpha value is -1.78. The molecule has 0 amide bonds. The molecule has 2 N–H and O–H groups in total. The summed E-state index contributed by atoms with van der Waals surface area (Å²) in [7, 11) is 0. The average molecular weight is 482 g/mol. The molecule has 1 aromatic heterocycles. The number of rotatable bonds is 14. The molecule has 0 aliphatic heterocycles. The van der Waals surface area contributed by atoms with Crippen molar-refractivity contribution in [2.45, 2.75) is 66.8 Å². The second kappa shape index (κ2) is 16.8. The van der Waals surface area contributed by atoms with Gasteiger partial charge in [0.05, 0.1) is 12.3 Å². The highest BCUT2D eigenvalue weighted by Crippen LogP contribution is 2.15. The summed E-state index contributed by atoms with van der Waals surface area (Å²) < 4.78 is 6.15. The van der Waals surface area contributed by atoms with Crippen LogP contribution in [0.5, 0.6) is 0 Å². The number of nitrogens with one attached hydrogen (secondary N) is 2. The number of furan rings is 1. The van der Waals surface area contributed by atoms with Crippen molar-refractivity contribution in [3.8, 4) is 0 Å². The number of hydrogen-bond acceptors (Lipinski definition) is 6. The van der Waals surface area contributed by atoms with Gasteiger partial charge in [0.1, 0.15) is 5.76 Å². The van der Waals surface area contributed by atoms with Gasteiger partial charge in [0.15, 0.2) is 21.8 Å². The summed E-state index contributed by atoms with van der Waals surface area (Å²) in [5.41, 5.74) is 1.06. The predicted molar refractivity (Wildman–Crippen MR) is 144 cm³/mol. The Morgan fingerprint density at radius 1 is 0.875 bits per heavy atom. The Labute approximate surface area is 203 Å². The van der Waals surface area contributed by atoms with Gasteiger partial charge in [-0.3, -0.25) is 4.90 Å². The Bertz CT molecular complexity index is 779. The van der Waals surface area contributed by atoms with Crippen LogP contribution in [0.2, 0.25) is 0 Å². The van der Waals surface area contributed by atoms with Crippen molar-refractivity contribution in [3.05, 3.63) is 23.7 Å². The summed E-state index contributed by atoms with van der Waals surface area (Å²) >= 11 is 8.56. The van der Waals surface area contributed by atoms with E-state index < -0.39 is 0 Å². The van der Waals surface area contributed by atoms with E-state index in [1.165, 1.54) is 25.7 Å². The van der Waals surface area contributed by atoms with Crippen molar-refractivity contribution < 1.29 is 4.42 Å². The maximum atomic E-state index is 6.15. The van der Waals surface area contributed by atoms with Gasteiger partial charge in [-0.25, -0.2) is 0 Å². The van der Waals surface area contributed by atoms with E-state index in [1.54, 1.807) is 0 Å². The first kappa shape index (κ1) is 28.3. The average Bonchev–Trinajstić information content (AvgIpc) is 3.22. The molecule has 0 bridgehead atoms. The molecular weight excluding hydrogens is 442 g/mol. The Morgan fingerprint density at radius 2 is 1.44 bits per heavy atom. The van der Waals surface area contributed by atoms with Crippen molar-refractivity contribution in [2.24, 2.45) is 20.4 Å². The smallest absolute Gasteiger partial charge is 0.180 e. The lowest BCUT2D eigenvalue weighted by Crippen LogP contribution is -2.25. The SMILES string of the molecule is CCCCN(CCCC)Cc1ccc(C(=N\N=C(/S)NCC)/C(C)=N/N=C(\S)NCC)o1. The lowest BCUT2D eigenvalue weighted by Gasteiger charge is -2.20. The number of unbranched alkanes of at least 4 members (excludes halogenated alkanes) is 2. The van der Waals surface area contributed by atoms with Crippen molar-refractivity contribution in [1.29, 1.82) is 0 Å². The van der Waals surface area contributed by atoms with Crippen LogP contribution in [0.4, 0.5) is 0 Å². The highest BCUT2D eigenvalue weighted by molar-refractivity contribution is 7.97. The summed E-state index contributed by atoms with van der Waals surface area (Å²) in [5.74, 6) is 1.48. The minimum absolute atomic E-state index is 0.418. The number of amidine groups is 2.